The fourth-order valence-electron chi connectivity index (χ4n) is 2.98. The Labute approximate surface area is 130 Å². The summed E-state index contributed by atoms with van der Waals surface area (Å²) in [5.41, 5.74) is 5.57. The number of nitrogens with two attached hydrogens (primary N) is 1. The normalized spacial score (nSPS) is 23.5. The standard InChI is InChI=1S/C17H34N2O2/c1-12(2)14(18)9-8-13-10-17(6,7)19(11-13)15(20)21-16(3,4)5/h12-14H,8-11,18H2,1-7H3/t13-,14?/m0/s1. The highest BCUT2D eigenvalue weighted by Crippen LogP contribution is 2.36. The molecular weight excluding hydrogens is 264 g/mol. The largest absolute Gasteiger partial charge is 0.444 e. The average molecular weight is 298 g/mol. The molecule has 0 radical (unpaired) electrons. The number of nitrogens with zero attached hydrogens (tertiary/aromatic N) is 1. The molecule has 2 N–H and O–H groups in total. The first-order valence-electron chi connectivity index (χ1n) is 8.18. The number of amides is 1. The molecule has 0 aromatic heterocycles. The monoisotopic (exact) mass is 298 g/mol. The third-order valence-corrected chi connectivity index (χ3v) is 4.34. The molecule has 1 aliphatic heterocycles. The Hall–Kier alpha value is -0.770. The van der Waals surface area contributed by atoms with Crippen molar-refractivity contribution in [1.82, 2.24) is 4.90 Å². The smallest absolute Gasteiger partial charge is 0.410 e. The summed E-state index contributed by atoms with van der Waals surface area (Å²) in [5, 5.41) is 0. The van der Waals surface area contributed by atoms with Gasteiger partial charge in [0.1, 0.15) is 5.60 Å². The van der Waals surface area contributed by atoms with E-state index in [0.29, 0.717) is 11.8 Å². The van der Waals surface area contributed by atoms with E-state index >= 15 is 0 Å². The minimum atomic E-state index is -0.439. The number of hydrogen-bond acceptors (Lipinski definition) is 3. The van der Waals surface area contributed by atoms with Crippen molar-refractivity contribution in [2.24, 2.45) is 17.6 Å². The Bertz CT molecular complexity index is 358. The third kappa shape index (κ3) is 5.50. The molecule has 1 amide bonds. The van der Waals surface area contributed by atoms with E-state index in [4.69, 9.17) is 10.5 Å². The molecule has 1 aliphatic rings. The first-order chi connectivity index (χ1) is 9.42. The van der Waals surface area contributed by atoms with Gasteiger partial charge in [-0.3, -0.25) is 0 Å². The maximum Gasteiger partial charge on any atom is 0.410 e. The lowest BCUT2D eigenvalue weighted by Crippen LogP contribution is -2.45. The van der Waals surface area contributed by atoms with E-state index in [1.165, 1.54) is 0 Å². The number of ether oxygens (including phenoxy) is 1. The van der Waals surface area contributed by atoms with Crippen molar-refractivity contribution in [3.63, 3.8) is 0 Å². The van der Waals surface area contributed by atoms with Crippen LogP contribution in [-0.2, 0) is 4.74 Å². The van der Waals surface area contributed by atoms with Gasteiger partial charge in [0.15, 0.2) is 0 Å². The summed E-state index contributed by atoms with van der Waals surface area (Å²) in [6.45, 7) is 15.1. The Morgan fingerprint density at radius 2 is 1.95 bits per heavy atom. The number of carbonyl (C=O) groups is 1. The quantitative estimate of drug-likeness (QED) is 0.859. The second-order valence-electron chi connectivity index (χ2n) is 8.46. The predicted molar refractivity (Wildman–Crippen MR) is 87.2 cm³/mol. The van der Waals surface area contributed by atoms with E-state index in [-0.39, 0.29) is 17.7 Å². The van der Waals surface area contributed by atoms with Crippen LogP contribution < -0.4 is 5.73 Å². The van der Waals surface area contributed by atoms with Crippen LogP contribution >= 0.6 is 0 Å². The van der Waals surface area contributed by atoms with Crippen molar-refractivity contribution in [3.05, 3.63) is 0 Å². The first-order valence-corrected chi connectivity index (χ1v) is 8.18. The number of hydrogen-bond donors (Lipinski definition) is 1. The molecule has 0 spiro atoms. The van der Waals surface area contributed by atoms with Gasteiger partial charge in [-0.15, -0.1) is 0 Å². The SMILES string of the molecule is CC(C)C(N)CC[C@@H]1CN(C(=O)OC(C)(C)C)C(C)(C)C1. The summed E-state index contributed by atoms with van der Waals surface area (Å²) in [6, 6.07) is 0.253. The summed E-state index contributed by atoms with van der Waals surface area (Å²) in [7, 11) is 0. The fraction of sp³-hybridized carbons (Fsp3) is 0.941. The molecule has 4 nitrogen and oxygen atoms in total. The van der Waals surface area contributed by atoms with Crippen molar-refractivity contribution in [1.29, 1.82) is 0 Å². The van der Waals surface area contributed by atoms with Crippen LogP contribution in [0.2, 0.25) is 0 Å². The highest BCUT2D eigenvalue weighted by Gasteiger charge is 2.42. The second-order valence-corrected chi connectivity index (χ2v) is 8.46. The van der Waals surface area contributed by atoms with Crippen molar-refractivity contribution in [3.8, 4) is 0 Å². The summed E-state index contributed by atoms with van der Waals surface area (Å²) in [4.78, 5) is 14.2. The van der Waals surface area contributed by atoms with Gasteiger partial charge in [-0.05, 0) is 65.7 Å². The average Bonchev–Trinajstić information content (AvgIpc) is 2.58. The Morgan fingerprint density at radius 1 is 1.38 bits per heavy atom. The molecule has 4 heteroatoms. The van der Waals surface area contributed by atoms with Crippen LogP contribution in [0.5, 0.6) is 0 Å². The van der Waals surface area contributed by atoms with E-state index in [2.05, 4.69) is 27.7 Å². The van der Waals surface area contributed by atoms with E-state index < -0.39 is 5.60 Å². The van der Waals surface area contributed by atoms with Gasteiger partial charge in [0.05, 0.1) is 0 Å². The molecule has 1 rings (SSSR count). The van der Waals surface area contributed by atoms with Gasteiger partial charge >= 0.3 is 6.09 Å². The number of likely N-dealkylation sites (tertiary alicyclic amines) is 1. The molecule has 124 valence electrons. The predicted octanol–water partition coefficient (Wildman–Crippen LogP) is 3.79. The molecule has 1 fully saturated rings. The lowest BCUT2D eigenvalue weighted by atomic mass is 9.90. The third-order valence-electron chi connectivity index (χ3n) is 4.34. The van der Waals surface area contributed by atoms with Crippen LogP contribution in [-0.4, -0.2) is 34.7 Å². The second kappa shape index (κ2) is 6.55. The van der Waals surface area contributed by atoms with Crippen LogP contribution in [0, 0.1) is 11.8 Å². The molecule has 0 saturated carbocycles. The van der Waals surface area contributed by atoms with Gasteiger partial charge in [0.2, 0.25) is 0 Å². The lowest BCUT2D eigenvalue weighted by Gasteiger charge is -2.33. The van der Waals surface area contributed by atoms with Crippen molar-refractivity contribution in [2.45, 2.75) is 84.9 Å². The maximum atomic E-state index is 12.3. The number of rotatable bonds is 4. The number of carbonyl (C=O) groups excluding carboxylic acids is 1. The molecular formula is C17H34N2O2. The topological polar surface area (TPSA) is 55.6 Å². The van der Waals surface area contributed by atoms with Crippen molar-refractivity contribution >= 4 is 6.09 Å². The Kier molecular flexibility index (Phi) is 5.70. The fourth-order valence-corrected chi connectivity index (χ4v) is 2.98. The van der Waals surface area contributed by atoms with Crippen LogP contribution in [0.3, 0.4) is 0 Å². The van der Waals surface area contributed by atoms with Crippen LogP contribution in [0.15, 0.2) is 0 Å². The van der Waals surface area contributed by atoms with Crippen LogP contribution in [0.1, 0.15) is 67.7 Å². The van der Waals surface area contributed by atoms with E-state index in [9.17, 15) is 4.79 Å². The van der Waals surface area contributed by atoms with E-state index in [1.807, 2.05) is 25.7 Å². The molecule has 0 aliphatic carbocycles. The van der Waals surface area contributed by atoms with Crippen LogP contribution in [0.4, 0.5) is 4.79 Å². The zero-order valence-electron chi connectivity index (χ0n) is 14.9. The molecule has 21 heavy (non-hydrogen) atoms. The van der Waals surface area contributed by atoms with Gasteiger partial charge in [0, 0.05) is 18.1 Å². The molecule has 1 heterocycles. The summed E-state index contributed by atoms with van der Waals surface area (Å²) < 4.78 is 5.53. The Morgan fingerprint density at radius 3 is 2.43 bits per heavy atom. The zero-order chi connectivity index (χ0) is 16.4. The first kappa shape index (κ1) is 18.3. The molecule has 1 unspecified atom stereocenters. The summed E-state index contributed by atoms with van der Waals surface area (Å²) >= 11 is 0. The van der Waals surface area contributed by atoms with Gasteiger partial charge in [0.25, 0.3) is 0 Å². The van der Waals surface area contributed by atoms with Crippen molar-refractivity contribution < 1.29 is 9.53 Å². The molecule has 0 aromatic carbocycles. The molecule has 1 saturated heterocycles. The van der Waals surface area contributed by atoms with Crippen LogP contribution in [0.25, 0.3) is 0 Å². The van der Waals surface area contributed by atoms with E-state index in [1.54, 1.807) is 0 Å². The van der Waals surface area contributed by atoms with Gasteiger partial charge in [-0.25, -0.2) is 4.79 Å². The maximum absolute atomic E-state index is 12.3. The zero-order valence-corrected chi connectivity index (χ0v) is 14.9. The molecule has 2 atom stereocenters. The van der Waals surface area contributed by atoms with E-state index in [0.717, 1.165) is 25.8 Å². The van der Waals surface area contributed by atoms with Gasteiger partial charge in [-0.2, -0.15) is 0 Å². The summed E-state index contributed by atoms with van der Waals surface area (Å²) in [6.07, 6.45) is 2.95. The highest BCUT2D eigenvalue weighted by atomic mass is 16.6. The molecule has 0 bridgehead atoms. The minimum absolute atomic E-state index is 0.130. The Balaban J connectivity index is 2.58. The van der Waals surface area contributed by atoms with Gasteiger partial charge in [-0.1, -0.05) is 13.8 Å². The molecule has 0 aromatic rings. The van der Waals surface area contributed by atoms with Gasteiger partial charge < -0.3 is 15.4 Å². The minimum Gasteiger partial charge on any atom is -0.444 e. The van der Waals surface area contributed by atoms with Crippen molar-refractivity contribution in [2.75, 3.05) is 6.54 Å². The highest BCUT2D eigenvalue weighted by molar-refractivity contribution is 5.69. The summed E-state index contributed by atoms with van der Waals surface area (Å²) in [5.74, 6) is 1.04. The lowest BCUT2D eigenvalue weighted by molar-refractivity contribution is 0.0131.